The summed E-state index contributed by atoms with van der Waals surface area (Å²) < 4.78 is 0. The van der Waals surface area contributed by atoms with Crippen LogP contribution in [0.3, 0.4) is 0 Å². The van der Waals surface area contributed by atoms with Crippen LogP contribution >= 0.6 is 12.2 Å². The molecule has 0 spiro atoms. The zero-order valence-electron chi connectivity index (χ0n) is 6.00. The van der Waals surface area contributed by atoms with Crippen molar-refractivity contribution in [2.45, 2.75) is 13.3 Å². The van der Waals surface area contributed by atoms with E-state index >= 15 is 0 Å². The first-order valence-corrected chi connectivity index (χ1v) is 3.36. The molecule has 0 rings (SSSR count). The van der Waals surface area contributed by atoms with Crippen molar-refractivity contribution >= 4 is 29.8 Å². The lowest BCUT2D eigenvalue weighted by molar-refractivity contribution is 1.29. The molecule has 0 aliphatic rings. The average molecular weight is 154 g/mol. The second-order valence-corrected chi connectivity index (χ2v) is 1.97. The first-order valence-electron chi connectivity index (χ1n) is 2.95. The highest BCUT2D eigenvalue weighted by Gasteiger charge is 1.89. The van der Waals surface area contributed by atoms with Gasteiger partial charge < -0.3 is 0 Å². The van der Waals surface area contributed by atoms with Crippen molar-refractivity contribution in [2.24, 2.45) is 9.98 Å². The van der Waals surface area contributed by atoms with Crippen molar-refractivity contribution in [1.29, 1.82) is 0 Å². The minimum Gasteiger partial charge on any atom is -0.235 e. The van der Waals surface area contributed by atoms with Gasteiger partial charge in [0.2, 0.25) is 5.11 Å². The highest BCUT2D eigenvalue weighted by Crippen LogP contribution is 1.90. The topological polar surface area (TPSA) is 24.7 Å². The normalized spacial score (nSPS) is 10.7. The third-order valence-corrected chi connectivity index (χ3v) is 1.19. The Bertz CT molecular complexity index is 182. The van der Waals surface area contributed by atoms with Crippen LogP contribution in [-0.2, 0) is 0 Å². The van der Waals surface area contributed by atoms with E-state index < -0.39 is 0 Å². The average Bonchev–Trinajstić information content (AvgIpc) is 1.99. The van der Waals surface area contributed by atoms with Crippen LogP contribution in [0.5, 0.6) is 0 Å². The van der Waals surface area contributed by atoms with Gasteiger partial charge in [0, 0.05) is 5.71 Å². The summed E-state index contributed by atoms with van der Waals surface area (Å²) in [6.45, 7) is 8.79. The van der Waals surface area contributed by atoms with Crippen LogP contribution in [0.2, 0.25) is 0 Å². The summed E-state index contributed by atoms with van der Waals surface area (Å²) in [6, 6.07) is 0. The Morgan fingerprint density at radius 1 is 1.70 bits per heavy atom. The van der Waals surface area contributed by atoms with Crippen LogP contribution < -0.4 is 0 Å². The predicted molar refractivity (Wildman–Crippen MR) is 50.1 cm³/mol. The molecule has 0 aliphatic heterocycles. The number of allylic oxidation sites excluding steroid dienone is 1. The van der Waals surface area contributed by atoms with Gasteiger partial charge in [-0.05, 0) is 31.4 Å². The summed E-state index contributed by atoms with van der Waals surface area (Å²) in [5.41, 5.74) is 0.845. The van der Waals surface area contributed by atoms with Crippen LogP contribution in [0.15, 0.2) is 22.6 Å². The van der Waals surface area contributed by atoms with Crippen LogP contribution in [0, 0.1) is 0 Å². The maximum absolute atomic E-state index is 4.70. The number of nitrogens with zero attached hydrogens (tertiary/aromatic N) is 2. The molecule has 0 fully saturated rings. The van der Waals surface area contributed by atoms with Crippen LogP contribution in [0.25, 0.3) is 0 Å². The lowest BCUT2D eigenvalue weighted by Gasteiger charge is -1.92. The molecule has 0 aromatic carbocycles. The van der Waals surface area contributed by atoms with Crippen LogP contribution in [-0.4, -0.2) is 17.5 Å². The zero-order valence-corrected chi connectivity index (χ0v) is 6.82. The summed E-state index contributed by atoms with van der Waals surface area (Å²) in [5, 5.41) is 0.275. The van der Waals surface area contributed by atoms with E-state index in [4.69, 9.17) is 12.2 Å². The summed E-state index contributed by atoms with van der Waals surface area (Å²) >= 11 is 4.70. The van der Waals surface area contributed by atoms with Gasteiger partial charge >= 0.3 is 0 Å². The first kappa shape index (κ1) is 9.17. The molecule has 0 bridgehead atoms. The molecule has 0 N–H and O–H groups in total. The molecule has 54 valence electrons. The highest BCUT2D eigenvalue weighted by atomic mass is 32.1. The SMILES string of the molecule is C=CC(CC)=NC(=S)N=C. The van der Waals surface area contributed by atoms with Crippen LogP contribution in [0.4, 0.5) is 0 Å². The van der Waals surface area contributed by atoms with Crippen molar-refractivity contribution in [3.05, 3.63) is 12.7 Å². The van der Waals surface area contributed by atoms with Gasteiger partial charge in [-0.3, -0.25) is 0 Å². The number of rotatable bonds is 2. The maximum atomic E-state index is 4.70. The van der Waals surface area contributed by atoms with Gasteiger partial charge in [-0.2, -0.15) is 0 Å². The van der Waals surface area contributed by atoms with E-state index in [-0.39, 0.29) is 5.11 Å². The Morgan fingerprint density at radius 2 is 2.30 bits per heavy atom. The fourth-order valence-electron chi connectivity index (χ4n) is 0.427. The van der Waals surface area contributed by atoms with E-state index in [1.54, 1.807) is 6.08 Å². The molecule has 3 heteroatoms. The van der Waals surface area contributed by atoms with Gasteiger partial charge in [0.1, 0.15) is 0 Å². The Hall–Kier alpha value is -0.830. The Morgan fingerprint density at radius 3 is 2.60 bits per heavy atom. The highest BCUT2D eigenvalue weighted by molar-refractivity contribution is 7.80. The Labute approximate surface area is 66.4 Å². The number of hydrogen-bond acceptors (Lipinski definition) is 1. The molecular weight excluding hydrogens is 144 g/mol. The van der Waals surface area contributed by atoms with Crippen molar-refractivity contribution in [1.82, 2.24) is 0 Å². The Kier molecular flexibility index (Phi) is 4.58. The monoisotopic (exact) mass is 154 g/mol. The van der Waals surface area contributed by atoms with Gasteiger partial charge in [-0.15, -0.1) is 0 Å². The minimum atomic E-state index is 0.275. The summed E-state index contributed by atoms with van der Waals surface area (Å²) in [5.74, 6) is 0. The summed E-state index contributed by atoms with van der Waals surface area (Å²) in [7, 11) is 0. The molecule has 0 heterocycles. The fraction of sp³-hybridized carbons (Fsp3) is 0.286. The molecule has 0 radical (unpaired) electrons. The van der Waals surface area contributed by atoms with Gasteiger partial charge in [0.15, 0.2) is 0 Å². The lowest BCUT2D eigenvalue weighted by Crippen LogP contribution is -1.93. The standard InChI is InChI=1S/C7H10N2S/c1-4-6(5-2)9-7(10)8-3/h4H,1,3,5H2,2H3. The molecule has 0 saturated heterocycles. The second kappa shape index (κ2) is 4.99. The van der Waals surface area contributed by atoms with E-state index in [0.717, 1.165) is 12.1 Å². The minimum absolute atomic E-state index is 0.275. The predicted octanol–water partition coefficient (Wildman–Crippen LogP) is 2.01. The van der Waals surface area contributed by atoms with Gasteiger partial charge in [0.25, 0.3) is 0 Å². The molecule has 2 nitrogen and oxygen atoms in total. The van der Waals surface area contributed by atoms with Crippen molar-refractivity contribution < 1.29 is 0 Å². The quantitative estimate of drug-likeness (QED) is 0.441. The molecule has 0 aromatic rings. The third kappa shape index (κ3) is 3.25. The summed E-state index contributed by atoms with van der Waals surface area (Å²) in [4.78, 5) is 7.40. The largest absolute Gasteiger partial charge is 0.235 e. The van der Waals surface area contributed by atoms with E-state index in [1.807, 2.05) is 6.92 Å². The lowest BCUT2D eigenvalue weighted by atomic mass is 10.3. The zero-order chi connectivity index (χ0) is 7.98. The summed E-state index contributed by atoms with van der Waals surface area (Å²) in [6.07, 6.45) is 2.48. The van der Waals surface area contributed by atoms with E-state index in [2.05, 4.69) is 23.3 Å². The van der Waals surface area contributed by atoms with Crippen LogP contribution in [0.1, 0.15) is 13.3 Å². The first-order chi connectivity index (χ1) is 4.74. The fourth-order valence-corrected chi connectivity index (χ4v) is 0.544. The molecular formula is C7H10N2S. The van der Waals surface area contributed by atoms with Crippen molar-refractivity contribution in [3.63, 3.8) is 0 Å². The van der Waals surface area contributed by atoms with Gasteiger partial charge in [-0.25, -0.2) is 9.98 Å². The molecule has 0 atom stereocenters. The Balaban J connectivity index is 4.23. The van der Waals surface area contributed by atoms with Crippen molar-refractivity contribution in [2.75, 3.05) is 0 Å². The molecule has 0 amide bonds. The number of thiocarbonyl (C=S) groups is 1. The molecule has 0 aliphatic carbocycles. The van der Waals surface area contributed by atoms with E-state index in [0.29, 0.717) is 0 Å². The molecule has 0 saturated carbocycles. The molecule has 0 aromatic heterocycles. The van der Waals surface area contributed by atoms with E-state index in [1.165, 1.54) is 0 Å². The second-order valence-electron chi connectivity index (χ2n) is 1.60. The third-order valence-electron chi connectivity index (χ3n) is 0.972. The van der Waals surface area contributed by atoms with Gasteiger partial charge in [0.05, 0.1) is 0 Å². The molecule has 10 heavy (non-hydrogen) atoms. The smallest absolute Gasteiger partial charge is 0.218 e. The number of hydrogen-bond donors (Lipinski definition) is 0. The van der Waals surface area contributed by atoms with Crippen molar-refractivity contribution in [3.8, 4) is 0 Å². The van der Waals surface area contributed by atoms with Gasteiger partial charge in [-0.1, -0.05) is 13.5 Å². The molecule has 0 unspecified atom stereocenters. The maximum Gasteiger partial charge on any atom is 0.218 e. The van der Waals surface area contributed by atoms with E-state index in [9.17, 15) is 0 Å². The number of aliphatic imine (C=N–C) groups is 2.